The maximum absolute atomic E-state index is 14.0. The van der Waals surface area contributed by atoms with Crippen LogP contribution in [0.4, 0.5) is 14.6 Å². The van der Waals surface area contributed by atoms with Crippen LogP contribution in [-0.2, 0) is 0 Å². The minimum Gasteiger partial charge on any atom is -0.382 e. The lowest BCUT2D eigenvalue weighted by Crippen LogP contribution is -2.07. The second kappa shape index (κ2) is 6.17. The Kier molecular flexibility index (Phi) is 3.83. The average Bonchev–Trinajstić information content (AvgIpc) is 3.27. The number of fused-ring (bicyclic) bond motifs is 1. The van der Waals surface area contributed by atoms with Crippen molar-refractivity contribution < 1.29 is 8.78 Å². The van der Waals surface area contributed by atoms with E-state index in [0.717, 1.165) is 23.9 Å². The lowest BCUT2D eigenvalue weighted by molar-refractivity contribution is 0.584. The zero-order valence-electron chi connectivity index (χ0n) is 13.8. The van der Waals surface area contributed by atoms with Gasteiger partial charge >= 0.3 is 0 Å². The molecule has 2 N–H and O–H groups in total. The topological polar surface area (TPSA) is 86.9 Å². The van der Waals surface area contributed by atoms with Gasteiger partial charge in [0.2, 0.25) is 0 Å². The first-order valence-corrected chi connectivity index (χ1v) is 8.04. The molecule has 0 amide bonds. The quantitative estimate of drug-likeness (QED) is 0.608. The second-order valence-corrected chi connectivity index (χ2v) is 5.85. The number of nitrogens with zero attached hydrogens (tertiary/aromatic N) is 6. The smallest absolute Gasteiger partial charge is 0.151 e. The summed E-state index contributed by atoms with van der Waals surface area (Å²) in [7, 11) is 0. The SMILES string of the molecule is CCC(c1cn(-c2cc(F)ccc2F)nn1)c1ccc2c(N)ncnn12. The van der Waals surface area contributed by atoms with Gasteiger partial charge in [-0.1, -0.05) is 12.1 Å². The summed E-state index contributed by atoms with van der Waals surface area (Å²) < 4.78 is 30.4. The largest absolute Gasteiger partial charge is 0.382 e. The molecule has 9 heteroatoms. The number of aromatic nitrogens is 6. The third-order valence-electron chi connectivity index (χ3n) is 4.30. The summed E-state index contributed by atoms with van der Waals surface area (Å²) in [6.45, 7) is 2.00. The van der Waals surface area contributed by atoms with Crippen LogP contribution in [0.3, 0.4) is 0 Å². The molecule has 4 rings (SSSR count). The van der Waals surface area contributed by atoms with Gasteiger partial charge < -0.3 is 5.73 Å². The van der Waals surface area contributed by atoms with Crippen molar-refractivity contribution in [3.05, 3.63) is 65.9 Å². The average molecular weight is 355 g/mol. The van der Waals surface area contributed by atoms with E-state index in [1.807, 2.05) is 19.1 Å². The van der Waals surface area contributed by atoms with Gasteiger partial charge in [0.05, 0.1) is 17.6 Å². The molecule has 1 atom stereocenters. The van der Waals surface area contributed by atoms with Crippen molar-refractivity contribution in [2.24, 2.45) is 0 Å². The normalized spacial score (nSPS) is 12.6. The predicted octanol–water partition coefficient (Wildman–Crippen LogP) is 2.71. The molecular formula is C17H15F2N7. The first kappa shape index (κ1) is 16.1. The summed E-state index contributed by atoms with van der Waals surface area (Å²) in [5.74, 6) is -0.886. The minimum atomic E-state index is -0.579. The fourth-order valence-electron chi connectivity index (χ4n) is 3.02. The van der Waals surface area contributed by atoms with Crippen LogP contribution in [0, 0.1) is 11.6 Å². The van der Waals surface area contributed by atoms with E-state index in [-0.39, 0.29) is 11.6 Å². The van der Waals surface area contributed by atoms with Crippen molar-refractivity contribution in [3.8, 4) is 5.69 Å². The molecule has 3 aromatic heterocycles. The molecule has 0 aliphatic carbocycles. The zero-order chi connectivity index (χ0) is 18.3. The third kappa shape index (κ3) is 2.57. The van der Waals surface area contributed by atoms with Crippen molar-refractivity contribution in [3.63, 3.8) is 0 Å². The second-order valence-electron chi connectivity index (χ2n) is 5.85. The van der Waals surface area contributed by atoms with E-state index < -0.39 is 11.6 Å². The monoisotopic (exact) mass is 355 g/mol. The molecule has 0 aliphatic rings. The van der Waals surface area contributed by atoms with Crippen LogP contribution < -0.4 is 5.73 Å². The Morgan fingerprint density at radius 3 is 2.85 bits per heavy atom. The third-order valence-corrected chi connectivity index (χ3v) is 4.30. The molecule has 0 saturated heterocycles. The van der Waals surface area contributed by atoms with Gasteiger partial charge in [0.1, 0.15) is 29.2 Å². The molecule has 0 saturated carbocycles. The van der Waals surface area contributed by atoms with Crippen molar-refractivity contribution >= 4 is 11.3 Å². The number of rotatable bonds is 4. The molecule has 3 heterocycles. The van der Waals surface area contributed by atoms with Gasteiger partial charge in [-0.2, -0.15) is 5.10 Å². The molecule has 132 valence electrons. The number of hydrogen-bond donors (Lipinski definition) is 1. The van der Waals surface area contributed by atoms with E-state index in [0.29, 0.717) is 23.4 Å². The Labute approximate surface area is 147 Å². The van der Waals surface area contributed by atoms with Gasteiger partial charge in [-0.15, -0.1) is 5.10 Å². The van der Waals surface area contributed by atoms with Crippen LogP contribution in [0.15, 0.2) is 42.9 Å². The maximum atomic E-state index is 14.0. The van der Waals surface area contributed by atoms with Gasteiger partial charge in [0, 0.05) is 12.0 Å². The van der Waals surface area contributed by atoms with Crippen molar-refractivity contribution in [2.75, 3.05) is 5.73 Å². The van der Waals surface area contributed by atoms with Gasteiger partial charge in [-0.25, -0.2) is 23.0 Å². The maximum Gasteiger partial charge on any atom is 0.151 e. The van der Waals surface area contributed by atoms with Crippen molar-refractivity contribution in [2.45, 2.75) is 19.3 Å². The molecule has 0 spiro atoms. The fraction of sp³-hybridized carbons (Fsp3) is 0.176. The summed E-state index contributed by atoms with van der Waals surface area (Å²) in [4.78, 5) is 3.98. The molecule has 4 aromatic rings. The van der Waals surface area contributed by atoms with Crippen molar-refractivity contribution in [1.82, 2.24) is 29.6 Å². The van der Waals surface area contributed by atoms with Crippen LogP contribution >= 0.6 is 0 Å². The highest BCUT2D eigenvalue weighted by atomic mass is 19.1. The Morgan fingerprint density at radius 2 is 2.04 bits per heavy atom. The number of nitrogens with two attached hydrogens (primary N) is 1. The van der Waals surface area contributed by atoms with Gasteiger partial charge in [-0.3, -0.25) is 0 Å². The lowest BCUT2D eigenvalue weighted by Gasteiger charge is -2.11. The Balaban J connectivity index is 1.77. The number of hydrogen-bond acceptors (Lipinski definition) is 5. The van der Waals surface area contributed by atoms with Crippen LogP contribution in [0.1, 0.15) is 30.7 Å². The van der Waals surface area contributed by atoms with Gasteiger partial charge in [0.25, 0.3) is 0 Å². The van der Waals surface area contributed by atoms with Crippen molar-refractivity contribution in [1.29, 1.82) is 0 Å². The summed E-state index contributed by atoms with van der Waals surface area (Å²) in [5.41, 5.74) is 8.07. The molecule has 0 fully saturated rings. The van der Waals surface area contributed by atoms with Crippen LogP contribution in [0.2, 0.25) is 0 Å². The molecule has 1 unspecified atom stereocenters. The van der Waals surface area contributed by atoms with E-state index in [1.54, 1.807) is 10.7 Å². The fourth-order valence-corrected chi connectivity index (χ4v) is 3.02. The van der Waals surface area contributed by atoms with Crippen LogP contribution in [0.25, 0.3) is 11.2 Å². The first-order valence-electron chi connectivity index (χ1n) is 8.04. The summed E-state index contributed by atoms with van der Waals surface area (Å²) in [5, 5.41) is 12.4. The van der Waals surface area contributed by atoms with E-state index in [2.05, 4.69) is 20.4 Å². The lowest BCUT2D eigenvalue weighted by atomic mass is 9.99. The first-order chi connectivity index (χ1) is 12.6. The molecule has 0 radical (unpaired) electrons. The highest BCUT2D eigenvalue weighted by Crippen LogP contribution is 2.29. The van der Waals surface area contributed by atoms with Crippen LogP contribution in [0.5, 0.6) is 0 Å². The molecule has 1 aromatic carbocycles. The summed E-state index contributed by atoms with van der Waals surface area (Å²) in [6.07, 6.45) is 3.69. The van der Waals surface area contributed by atoms with Gasteiger partial charge in [0.15, 0.2) is 5.82 Å². The van der Waals surface area contributed by atoms with E-state index in [9.17, 15) is 8.78 Å². The molecular weight excluding hydrogens is 340 g/mol. The number of anilines is 1. The Bertz CT molecular complexity index is 1090. The van der Waals surface area contributed by atoms with E-state index >= 15 is 0 Å². The Hall–Kier alpha value is -3.36. The minimum absolute atomic E-state index is 0.00481. The number of benzene rings is 1. The van der Waals surface area contributed by atoms with Gasteiger partial charge in [-0.05, 0) is 30.7 Å². The number of halogens is 2. The highest BCUT2D eigenvalue weighted by molar-refractivity contribution is 5.65. The molecule has 26 heavy (non-hydrogen) atoms. The summed E-state index contributed by atoms with van der Waals surface area (Å²) >= 11 is 0. The Morgan fingerprint density at radius 1 is 1.19 bits per heavy atom. The molecule has 0 bridgehead atoms. The zero-order valence-corrected chi connectivity index (χ0v) is 13.8. The molecule has 7 nitrogen and oxygen atoms in total. The predicted molar refractivity (Wildman–Crippen MR) is 90.8 cm³/mol. The van der Waals surface area contributed by atoms with E-state index in [4.69, 9.17) is 5.73 Å². The molecule has 0 aliphatic heterocycles. The summed E-state index contributed by atoms with van der Waals surface area (Å²) in [6, 6.07) is 6.93. The standard InChI is InChI=1S/C17H15F2N7/c1-2-11(14-5-6-15-17(20)21-9-22-26(14)15)13-8-25(24-23-13)16-7-10(18)3-4-12(16)19/h3-9,11H,2H2,1H3,(H2,20,21,22). The highest BCUT2D eigenvalue weighted by Gasteiger charge is 2.21. The number of nitrogen functional groups attached to an aromatic ring is 1. The van der Waals surface area contributed by atoms with E-state index in [1.165, 1.54) is 11.0 Å². The van der Waals surface area contributed by atoms with Crippen LogP contribution in [-0.4, -0.2) is 29.6 Å².